The first kappa shape index (κ1) is 39.6. The molecule has 2 N–H and O–H groups in total. The SMILES string of the molecule is CSC(CC(=O)O)C(=O)NCCOCCOCCOCCOCCOCCOCCOCCOCCC(=O)C(C)C. The zero-order valence-corrected chi connectivity index (χ0v) is 25.8. The smallest absolute Gasteiger partial charge is 0.305 e. The molecule has 1 atom stereocenters. The second-order valence-electron chi connectivity index (χ2n) is 8.88. The molecule has 41 heavy (non-hydrogen) atoms. The maximum absolute atomic E-state index is 11.8. The first-order chi connectivity index (χ1) is 19.9. The second kappa shape index (κ2) is 30.1. The van der Waals surface area contributed by atoms with Gasteiger partial charge in [0.25, 0.3) is 0 Å². The van der Waals surface area contributed by atoms with Crippen molar-refractivity contribution >= 4 is 29.4 Å². The van der Waals surface area contributed by atoms with Crippen LogP contribution in [0.2, 0.25) is 0 Å². The molecule has 0 saturated carbocycles. The summed E-state index contributed by atoms with van der Waals surface area (Å²) in [6.07, 6.45) is 1.94. The van der Waals surface area contributed by atoms with Gasteiger partial charge >= 0.3 is 5.97 Å². The molecule has 0 spiro atoms. The fourth-order valence-electron chi connectivity index (χ4n) is 2.90. The van der Waals surface area contributed by atoms with Crippen LogP contribution in [0.15, 0.2) is 0 Å². The molecule has 0 saturated heterocycles. The zero-order chi connectivity index (χ0) is 30.4. The monoisotopic (exact) mass is 613 g/mol. The van der Waals surface area contributed by atoms with E-state index in [9.17, 15) is 14.4 Å². The Morgan fingerprint density at radius 3 is 1.27 bits per heavy atom. The number of Topliss-reactive ketones (excluding diaryl/α,β-unsaturated/α-hetero) is 1. The van der Waals surface area contributed by atoms with E-state index in [2.05, 4.69) is 5.32 Å². The van der Waals surface area contributed by atoms with E-state index >= 15 is 0 Å². The van der Waals surface area contributed by atoms with Crippen LogP contribution in [0.25, 0.3) is 0 Å². The van der Waals surface area contributed by atoms with E-state index in [0.717, 1.165) is 0 Å². The lowest BCUT2D eigenvalue weighted by molar-refractivity contribution is -0.138. The number of carboxylic acids is 1. The number of carbonyl (C=O) groups excluding carboxylic acids is 2. The Morgan fingerprint density at radius 1 is 0.610 bits per heavy atom. The summed E-state index contributed by atoms with van der Waals surface area (Å²) in [6, 6.07) is 0. The molecule has 0 aromatic rings. The van der Waals surface area contributed by atoms with Crippen LogP contribution in [0.1, 0.15) is 26.7 Å². The van der Waals surface area contributed by atoms with Gasteiger partial charge in [-0.1, -0.05) is 13.8 Å². The van der Waals surface area contributed by atoms with Gasteiger partial charge in [0.15, 0.2) is 0 Å². The molecule has 0 radical (unpaired) electrons. The summed E-state index contributed by atoms with van der Waals surface area (Å²) in [5.74, 6) is -1.04. The van der Waals surface area contributed by atoms with Crippen LogP contribution in [0, 0.1) is 5.92 Å². The standard InChI is InChI=1S/C27H51NO12S/c1-23(2)24(29)4-6-33-8-10-35-12-14-37-16-18-39-20-21-40-19-17-38-15-13-36-11-9-34-7-5-28-27(32)25(41-3)22-26(30)31/h23,25H,4-22H2,1-3H3,(H,28,32)(H,30,31). The highest BCUT2D eigenvalue weighted by molar-refractivity contribution is 7.99. The normalized spacial score (nSPS) is 12.1. The molecular weight excluding hydrogens is 562 g/mol. The number of hydrogen-bond acceptors (Lipinski definition) is 12. The van der Waals surface area contributed by atoms with E-state index in [1.165, 1.54) is 11.8 Å². The summed E-state index contributed by atoms with van der Waals surface area (Å²) >= 11 is 1.21. The van der Waals surface area contributed by atoms with Crippen molar-refractivity contribution in [3.63, 3.8) is 0 Å². The molecule has 0 aromatic carbocycles. The van der Waals surface area contributed by atoms with E-state index in [1.807, 2.05) is 13.8 Å². The van der Waals surface area contributed by atoms with Crippen LogP contribution >= 0.6 is 11.8 Å². The lowest BCUT2D eigenvalue weighted by Crippen LogP contribution is -2.36. The van der Waals surface area contributed by atoms with E-state index in [0.29, 0.717) is 119 Å². The van der Waals surface area contributed by atoms with Gasteiger partial charge in [0, 0.05) is 18.9 Å². The van der Waals surface area contributed by atoms with Gasteiger partial charge in [0.05, 0.1) is 117 Å². The summed E-state index contributed by atoms with van der Waals surface area (Å²) in [7, 11) is 0. The minimum atomic E-state index is -1.00. The molecule has 14 heteroatoms. The van der Waals surface area contributed by atoms with Gasteiger partial charge in [-0.25, -0.2) is 0 Å². The number of amides is 1. The van der Waals surface area contributed by atoms with Crippen LogP contribution in [0.5, 0.6) is 0 Å². The molecule has 0 aliphatic carbocycles. The van der Waals surface area contributed by atoms with E-state index < -0.39 is 11.2 Å². The van der Waals surface area contributed by atoms with Crippen LogP contribution in [0.3, 0.4) is 0 Å². The highest BCUT2D eigenvalue weighted by Crippen LogP contribution is 2.10. The van der Waals surface area contributed by atoms with Gasteiger partial charge in [-0.2, -0.15) is 11.8 Å². The van der Waals surface area contributed by atoms with E-state index in [4.69, 9.17) is 43.0 Å². The van der Waals surface area contributed by atoms with Crippen LogP contribution in [0.4, 0.5) is 0 Å². The summed E-state index contributed by atoms with van der Waals surface area (Å²) in [6.45, 7) is 11.3. The molecule has 1 unspecified atom stereocenters. The van der Waals surface area contributed by atoms with Gasteiger partial charge < -0.3 is 48.3 Å². The topological polar surface area (TPSA) is 157 Å². The molecule has 13 nitrogen and oxygen atoms in total. The van der Waals surface area contributed by atoms with Crippen molar-refractivity contribution in [1.82, 2.24) is 5.32 Å². The molecular formula is C27H51NO12S. The third-order valence-electron chi connectivity index (χ3n) is 5.22. The summed E-state index contributed by atoms with van der Waals surface area (Å²) < 4.78 is 43.3. The zero-order valence-electron chi connectivity index (χ0n) is 24.9. The summed E-state index contributed by atoms with van der Waals surface area (Å²) in [4.78, 5) is 34.0. The Labute approximate surface area is 248 Å². The quantitative estimate of drug-likeness (QED) is 0.104. The summed E-state index contributed by atoms with van der Waals surface area (Å²) in [5, 5.41) is 10.8. The van der Waals surface area contributed by atoms with Crippen LogP contribution in [-0.4, -0.2) is 147 Å². The number of carbonyl (C=O) groups is 3. The number of nitrogens with one attached hydrogen (secondary N) is 1. The Morgan fingerprint density at radius 2 is 0.951 bits per heavy atom. The third kappa shape index (κ3) is 28.5. The predicted molar refractivity (Wildman–Crippen MR) is 154 cm³/mol. The van der Waals surface area contributed by atoms with Crippen molar-refractivity contribution in [2.24, 2.45) is 5.92 Å². The predicted octanol–water partition coefficient (Wildman–Crippen LogP) is 1.06. The Balaban J connectivity index is 3.20. The molecule has 0 aliphatic rings. The number of rotatable bonds is 32. The Bertz CT molecular complexity index is 641. The van der Waals surface area contributed by atoms with Crippen molar-refractivity contribution in [2.45, 2.75) is 31.9 Å². The lowest BCUT2D eigenvalue weighted by atomic mass is 10.1. The number of thioether (sulfide) groups is 1. The highest BCUT2D eigenvalue weighted by atomic mass is 32.2. The molecule has 0 aromatic heterocycles. The maximum Gasteiger partial charge on any atom is 0.305 e. The molecule has 1 amide bonds. The van der Waals surface area contributed by atoms with Crippen molar-refractivity contribution in [3.8, 4) is 0 Å². The Hall–Kier alpha value is -1.36. The molecule has 0 heterocycles. The maximum atomic E-state index is 11.8. The highest BCUT2D eigenvalue weighted by Gasteiger charge is 2.19. The summed E-state index contributed by atoms with van der Waals surface area (Å²) in [5.41, 5.74) is 0. The molecule has 242 valence electrons. The van der Waals surface area contributed by atoms with Gasteiger partial charge in [-0.15, -0.1) is 0 Å². The van der Waals surface area contributed by atoms with Crippen LogP contribution in [-0.2, 0) is 52.3 Å². The number of hydrogen-bond donors (Lipinski definition) is 2. The average molecular weight is 614 g/mol. The largest absolute Gasteiger partial charge is 0.481 e. The van der Waals surface area contributed by atoms with Gasteiger partial charge in [-0.05, 0) is 6.26 Å². The van der Waals surface area contributed by atoms with Gasteiger partial charge in [0.1, 0.15) is 5.78 Å². The van der Waals surface area contributed by atoms with E-state index in [1.54, 1.807) is 6.26 Å². The first-order valence-corrected chi connectivity index (χ1v) is 15.3. The first-order valence-electron chi connectivity index (χ1n) is 14.0. The molecule has 0 fully saturated rings. The van der Waals surface area contributed by atoms with Crippen molar-refractivity contribution in [2.75, 3.05) is 119 Å². The lowest BCUT2D eigenvalue weighted by Gasteiger charge is -2.12. The van der Waals surface area contributed by atoms with Crippen molar-refractivity contribution < 1.29 is 57.4 Å². The number of ketones is 1. The van der Waals surface area contributed by atoms with Gasteiger partial charge in [0.2, 0.25) is 5.91 Å². The van der Waals surface area contributed by atoms with Crippen molar-refractivity contribution in [3.05, 3.63) is 0 Å². The molecule has 0 aliphatic heterocycles. The van der Waals surface area contributed by atoms with Crippen molar-refractivity contribution in [1.29, 1.82) is 0 Å². The molecule has 0 rings (SSSR count). The Kier molecular flexibility index (Phi) is 29.1. The van der Waals surface area contributed by atoms with Gasteiger partial charge in [-0.3, -0.25) is 14.4 Å². The third-order valence-corrected chi connectivity index (χ3v) is 6.17. The van der Waals surface area contributed by atoms with E-state index in [-0.39, 0.29) is 24.0 Å². The average Bonchev–Trinajstić information content (AvgIpc) is 2.94. The number of ether oxygens (including phenoxy) is 8. The fourth-order valence-corrected chi connectivity index (χ4v) is 3.51. The molecule has 0 bridgehead atoms. The number of carboxylic acid groups (broad SMARTS) is 1. The number of aliphatic carboxylic acids is 1. The minimum Gasteiger partial charge on any atom is -0.481 e. The minimum absolute atomic E-state index is 0.0523. The second-order valence-corrected chi connectivity index (χ2v) is 9.92. The fraction of sp³-hybridized carbons (Fsp3) is 0.889. The van der Waals surface area contributed by atoms with Crippen LogP contribution < -0.4 is 5.32 Å².